The van der Waals surface area contributed by atoms with Gasteiger partial charge in [0.25, 0.3) is 0 Å². The minimum absolute atomic E-state index is 0.0222. The van der Waals surface area contributed by atoms with Crippen molar-refractivity contribution in [3.8, 4) is 5.75 Å². The van der Waals surface area contributed by atoms with Crippen LogP contribution in [-0.4, -0.2) is 41.9 Å². The number of rotatable bonds is 2. The van der Waals surface area contributed by atoms with Gasteiger partial charge >= 0.3 is 0 Å². The third-order valence-electron chi connectivity index (χ3n) is 4.13. The van der Waals surface area contributed by atoms with Gasteiger partial charge in [-0.25, -0.2) is 0 Å². The quantitative estimate of drug-likeness (QED) is 0.892. The molecule has 1 aromatic rings. The molecule has 2 amide bonds. The number of carbonyl (C=O) groups excluding carboxylic acids is 2. The summed E-state index contributed by atoms with van der Waals surface area (Å²) in [6, 6.07) is 7.92. The van der Waals surface area contributed by atoms with Crippen LogP contribution in [0.15, 0.2) is 24.3 Å². The maximum absolute atomic E-state index is 12.5. The van der Waals surface area contributed by atoms with Crippen LogP contribution in [0.1, 0.15) is 31.7 Å². The summed E-state index contributed by atoms with van der Waals surface area (Å²) in [5.41, 5.74) is 0.306. The summed E-state index contributed by atoms with van der Waals surface area (Å²) in [5.74, 6) is 0.994. The van der Waals surface area contributed by atoms with E-state index in [4.69, 9.17) is 4.74 Å². The van der Waals surface area contributed by atoms with Crippen LogP contribution in [0.4, 0.5) is 0 Å². The Labute approximate surface area is 124 Å². The molecule has 2 aliphatic heterocycles. The molecule has 0 aliphatic carbocycles. The lowest BCUT2D eigenvalue weighted by Gasteiger charge is -2.39. The molecule has 5 nitrogen and oxygen atoms in total. The summed E-state index contributed by atoms with van der Waals surface area (Å²) < 4.78 is 5.65. The van der Waals surface area contributed by atoms with Crippen LogP contribution in [0.5, 0.6) is 5.75 Å². The normalized spacial score (nSPS) is 24.1. The minimum Gasteiger partial charge on any atom is -0.493 e. The molecular weight excluding hydrogens is 268 g/mol. The van der Waals surface area contributed by atoms with Crippen LogP contribution < -0.4 is 10.1 Å². The lowest BCUT2D eigenvalue weighted by molar-refractivity contribution is -0.148. The summed E-state index contributed by atoms with van der Waals surface area (Å²) in [5, 5.41) is 2.74. The van der Waals surface area contributed by atoms with Crippen molar-refractivity contribution < 1.29 is 14.3 Å². The van der Waals surface area contributed by atoms with Crippen molar-refractivity contribution in [1.29, 1.82) is 0 Å². The number of amides is 2. The number of nitrogens with zero attached hydrogens (tertiary/aromatic N) is 1. The first-order valence-corrected chi connectivity index (χ1v) is 7.29. The van der Waals surface area contributed by atoms with Gasteiger partial charge in [0.15, 0.2) is 0 Å². The molecule has 0 aromatic heterocycles. The molecule has 112 valence electrons. The summed E-state index contributed by atoms with van der Waals surface area (Å²) in [6.45, 7) is 4.85. The predicted molar refractivity (Wildman–Crippen MR) is 78.1 cm³/mol. The van der Waals surface area contributed by atoms with Crippen molar-refractivity contribution in [3.05, 3.63) is 29.8 Å². The van der Waals surface area contributed by atoms with Gasteiger partial charge in [-0.05, 0) is 31.9 Å². The maximum Gasteiger partial charge on any atom is 0.248 e. The summed E-state index contributed by atoms with van der Waals surface area (Å²) in [6.07, 6.45) is 0.864. The molecule has 5 heteroatoms. The zero-order valence-corrected chi connectivity index (χ0v) is 12.4. The van der Waals surface area contributed by atoms with E-state index >= 15 is 0 Å². The van der Waals surface area contributed by atoms with Gasteiger partial charge in [-0.1, -0.05) is 18.2 Å². The molecule has 1 saturated heterocycles. The number of nitrogens with one attached hydrogen (secondary N) is 1. The molecule has 1 unspecified atom stereocenters. The number of para-hydroxylation sites is 1. The Balaban J connectivity index is 1.81. The van der Waals surface area contributed by atoms with E-state index < -0.39 is 5.54 Å². The number of ether oxygens (including phenoxy) is 1. The average Bonchev–Trinajstić information content (AvgIpc) is 2.44. The fourth-order valence-corrected chi connectivity index (χ4v) is 3.10. The molecule has 0 spiro atoms. The van der Waals surface area contributed by atoms with Gasteiger partial charge in [0.05, 0.1) is 13.2 Å². The van der Waals surface area contributed by atoms with Crippen molar-refractivity contribution >= 4 is 11.8 Å². The number of hydrogen-bond acceptors (Lipinski definition) is 3. The van der Waals surface area contributed by atoms with E-state index in [9.17, 15) is 9.59 Å². The largest absolute Gasteiger partial charge is 0.493 e. The lowest BCUT2D eigenvalue weighted by Crippen LogP contribution is -2.64. The van der Waals surface area contributed by atoms with E-state index in [2.05, 4.69) is 5.32 Å². The standard InChI is InChI=1S/C16H20N2O3/c1-16(2)15(20)18(10-14(19)17-16)9-11-7-8-21-13-6-4-3-5-12(11)13/h3-6,11H,7-10H2,1-2H3,(H,17,19). The highest BCUT2D eigenvalue weighted by Crippen LogP contribution is 2.34. The first-order chi connectivity index (χ1) is 9.97. The van der Waals surface area contributed by atoms with Crippen LogP contribution in [-0.2, 0) is 9.59 Å². The van der Waals surface area contributed by atoms with E-state index in [0.29, 0.717) is 13.2 Å². The fourth-order valence-electron chi connectivity index (χ4n) is 3.10. The van der Waals surface area contributed by atoms with E-state index in [1.54, 1.807) is 18.7 Å². The van der Waals surface area contributed by atoms with Crippen LogP contribution in [0.2, 0.25) is 0 Å². The Bertz CT molecular complexity index is 583. The second-order valence-corrected chi connectivity index (χ2v) is 6.23. The lowest BCUT2D eigenvalue weighted by atomic mass is 9.91. The number of piperazine rings is 1. The molecule has 1 atom stereocenters. The van der Waals surface area contributed by atoms with Crippen LogP contribution in [0, 0.1) is 0 Å². The molecule has 0 saturated carbocycles. The van der Waals surface area contributed by atoms with Gasteiger partial charge < -0.3 is 15.0 Å². The first-order valence-electron chi connectivity index (χ1n) is 7.29. The predicted octanol–water partition coefficient (Wildman–Crippen LogP) is 1.29. The van der Waals surface area contributed by atoms with Gasteiger partial charge in [0.1, 0.15) is 11.3 Å². The smallest absolute Gasteiger partial charge is 0.248 e. The Morgan fingerprint density at radius 1 is 1.33 bits per heavy atom. The SMILES string of the molecule is CC1(C)NC(=O)CN(CC2CCOc3ccccc32)C1=O. The van der Waals surface area contributed by atoms with Crippen molar-refractivity contribution in [2.45, 2.75) is 31.7 Å². The van der Waals surface area contributed by atoms with Gasteiger partial charge in [0, 0.05) is 12.5 Å². The highest BCUT2D eigenvalue weighted by molar-refractivity contribution is 5.97. The molecule has 1 N–H and O–H groups in total. The highest BCUT2D eigenvalue weighted by atomic mass is 16.5. The number of fused-ring (bicyclic) bond motifs is 1. The third-order valence-corrected chi connectivity index (χ3v) is 4.13. The second kappa shape index (κ2) is 5.06. The summed E-state index contributed by atoms with van der Waals surface area (Å²) >= 11 is 0. The highest BCUT2D eigenvalue weighted by Gasteiger charge is 2.40. The number of hydrogen-bond donors (Lipinski definition) is 1. The van der Waals surface area contributed by atoms with Gasteiger partial charge in [0.2, 0.25) is 11.8 Å². The second-order valence-electron chi connectivity index (χ2n) is 6.23. The average molecular weight is 288 g/mol. The zero-order valence-electron chi connectivity index (χ0n) is 12.4. The molecular formula is C16H20N2O3. The summed E-state index contributed by atoms with van der Waals surface area (Å²) in [4.78, 5) is 25.9. The number of benzene rings is 1. The van der Waals surface area contributed by atoms with Crippen molar-refractivity contribution in [2.24, 2.45) is 0 Å². The van der Waals surface area contributed by atoms with Crippen LogP contribution in [0.25, 0.3) is 0 Å². The molecule has 2 aliphatic rings. The molecule has 1 aromatic carbocycles. The Kier molecular flexibility index (Phi) is 3.35. The van der Waals surface area contributed by atoms with E-state index in [1.807, 2.05) is 24.3 Å². The molecule has 1 fully saturated rings. The van der Waals surface area contributed by atoms with Gasteiger partial charge in [-0.15, -0.1) is 0 Å². The van der Waals surface area contributed by atoms with E-state index in [0.717, 1.165) is 17.7 Å². The zero-order chi connectivity index (χ0) is 15.0. The van der Waals surface area contributed by atoms with Gasteiger partial charge in [-0.2, -0.15) is 0 Å². The number of carbonyl (C=O) groups is 2. The minimum atomic E-state index is -0.819. The summed E-state index contributed by atoms with van der Waals surface area (Å²) in [7, 11) is 0. The van der Waals surface area contributed by atoms with E-state index in [1.165, 1.54) is 0 Å². The van der Waals surface area contributed by atoms with Crippen LogP contribution >= 0.6 is 0 Å². The third kappa shape index (κ3) is 2.60. The topological polar surface area (TPSA) is 58.6 Å². The molecule has 21 heavy (non-hydrogen) atoms. The molecule has 2 heterocycles. The fraction of sp³-hybridized carbons (Fsp3) is 0.500. The molecule has 0 bridgehead atoms. The van der Waals surface area contributed by atoms with Crippen molar-refractivity contribution in [2.75, 3.05) is 19.7 Å². The maximum atomic E-state index is 12.5. The van der Waals surface area contributed by atoms with Crippen molar-refractivity contribution in [3.63, 3.8) is 0 Å². The van der Waals surface area contributed by atoms with Crippen molar-refractivity contribution in [1.82, 2.24) is 10.2 Å². The van der Waals surface area contributed by atoms with Crippen LogP contribution in [0.3, 0.4) is 0 Å². The first kappa shape index (κ1) is 13.9. The Morgan fingerprint density at radius 2 is 2.10 bits per heavy atom. The monoisotopic (exact) mass is 288 g/mol. The Morgan fingerprint density at radius 3 is 2.90 bits per heavy atom. The van der Waals surface area contributed by atoms with Gasteiger partial charge in [-0.3, -0.25) is 9.59 Å². The van der Waals surface area contributed by atoms with E-state index in [-0.39, 0.29) is 24.3 Å². The molecule has 3 rings (SSSR count). The Hall–Kier alpha value is -2.04. The molecule has 0 radical (unpaired) electrons.